The second-order valence-electron chi connectivity index (χ2n) is 4.05. The highest BCUT2D eigenvalue weighted by atomic mass is 19.1. The lowest BCUT2D eigenvalue weighted by molar-refractivity contribution is 0.386. The molecule has 0 saturated carbocycles. The van der Waals surface area contributed by atoms with E-state index >= 15 is 0 Å². The van der Waals surface area contributed by atoms with Gasteiger partial charge in [0.05, 0.1) is 7.11 Å². The number of hydrogen-bond donors (Lipinski definition) is 1. The highest BCUT2D eigenvalue weighted by molar-refractivity contribution is 5.56. The number of halogens is 1. The summed E-state index contributed by atoms with van der Waals surface area (Å²) in [5.41, 5.74) is 0.631. The van der Waals surface area contributed by atoms with Gasteiger partial charge in [-0.25, -0.2) is 9.37 Å². The van der Waals surface area contributed by atoms with Gasteiger partial charge in [-0.2, -0.15) is 5.10 Å². The van der Waals surface area contributed by atoms with Crippen LogP contribution in [-0.4, -0.2) is 22.3 Å². The van der Waals surface area contributed by atoms with Gasteiger partial charge in [0, 0.05) is 11.5 Å². The van der Waals surface area contributed by atoms with Crippen molar-refractivity contribution in [3.05, 3.63) is 29.8 Å². The van der Waals surface area contributed by atoms with Crippen LogP contribution in [0.4, 0.5) is 4.39 Å². The lowest BCUT2D eigenvalue weighted by atomic mass is 10.2. The highest BCUT2D eigenvalue weighted by Crippen LogP contribution is 2.23. The number of rotatable bonds is 3. The summed E-state index contributed by atoms with van der Waals surface area (Å²) in [6.07, 6.45) is 0. The van der Waals surface area contributed by atoms with E-state index in [0.29, 0.717) is 11.4 Å². The van der Waals surface area contributed by atoms with Crippen molar-refractivity contribution in [1.29, 1.82) is 0 Å². The maximum absolute atomic E-state index is 13.5. The quantitative estimate of drug-likeness (QED) is 0.889. The molecule has 90 valence electrons. The van der Waals surface area contributed by atoms with Gasteiger partial charge in [-0.15, -0.1) is 0 Å². The van der Waals surface area contributed by atoms with Crippen molar-refractivity contribution in [2.24, 2.45) is 0 Å². The van der Waals surface area contributed by atoms with E-state index < -0.39 is 5.82 Å². The van der Waals surface area contributed by atoms with Crippen LogP contribution in [0.5, 0.6) is 5.75 Å². The van der Waals surface area contributed by atoms with E-state index in [1.54, 1.807) is 12.1 Å². The van der Waals surface area contributed by atoms with Crippen LogP contribution in [0.2, 0.25) is 0 Å². The van der Waals surface area contributed by atoms with Crippen LogP contribution in [-0.2, 0) is 0 Å². The molecule has 0 unspecified atom stereocenters. The van der Waals surface area contributed by atoms with Gasteiger partial charge in [0.2, 0.25) is 0 Å². The first-order chi connectivity index (χ1) is 8.11. The largest absolute Gasteiger partial charge is 0.494 e. The SMILES string of the molecule is COc1ccc(-c2n[nH]c(C(C)C)n2)cc1F. The van der Waals surface area contributed by atoms with Crippen LogP contribution >= 0.6 is 0 Å². The van der Waals surface area contributed by atoms with E-state index in [9.17, 15) is 4.39 Å². The van der Waals surface area contributed by atoms with Gasteiger partial charge in [-0.05, 0) is 18.2 Å². The summed E-state index contributed by atoms with van der Waals surface area (Å²) >= 11 is 0. The Labute approximate surface area is 98.8 Å². The minimum atomic E-state index is -0.416. The van der Waals surface area contributed by atoms with Gasteiger partial charge < -0.3 is 4.74 Å². The molecule has 0 fully saturated rings. The molecule has 0 aliphatic rings. The summed E-state index contributed by atoms with van der Waals surface area (Å²) in [6, 6.07) is 4.66. The number of methoxy groups -OCH3 is 1. The Morgan fingerprint density at radius 2 is 2.12 bits per heavy atom. The van der Waals surface area contributed by atoms with Crippen molar-refractivity contribution in [1.82, 2.24) is 15.2 Å². The summed E-state index contributed by atoms with van der Waals surface area (Å²) in [5.74, 6) is 1.35. The molecule has 4 nitrogen and oxygen atoms in total. The minimum absolute atomic E-state index is 0.216. The molecule has 0 saturated heterocycles. The third kappa shape index (κ3) is 2.27. The predicted octanol–water partition coefficient (Wildman–Crippen LogP) is 2.74. The predicted molar refractivity (Wildman–Crippen MR) is 62.4 cm³/mol. The van der Waals surface area contributed by atoms with Crippen molar-refractivity contribution in [3.8, 4) is 17.1 Å². The topological polar surface area (TPSA) is 50.8 Å². The third-order valence-electron chi connectivity index (χ3n) is 2.46. The van der Waals surface area contributed by atoms with Gasteiger partial charge in [-0.1, -0.05) is 13.8 Å². The minimum Gasteiger partial charge on any atom is -0.494 e. The summed E-state index contributed by atoms with van der Waals surface area (Å²) in [7, 11) is 1.43. The number of benzene rings is 1. The molecule has 17 heavy (non-hydrogen) atoms. The van der Waals surface area contributed by atoms with Crippen molar-refractivity contribution >= 4 is 0 Å². The number of ether oxygens (including phenoxy) is 1. The molecule has 1 aromatic heterocycles. The zero-order valence-corrected chi connectivity index (χ0v) is 9.99. The maximum Gasteiger partial charge on any atom is 0.181 e. The van der Waals surface area contributed by atoms with Gasteiger partial charge >= 0.3 is 0 Å². The molecule has 0 radical (unpaired) electrons. The lowest BCUT2D eigenvalue weighted by Gasteiger charge is -2.02. The number of hydrogen-bond acceptors (Lipinski definition) is 3. The normalized spacial score (nSPS) is 10.9. The molecule has 1 heterocycles. The average molecular weight is 235 g/mol. The summed E-state index contributed by atoms with van der Waals surface area (Å²) in [6.45, 7) is 4.03. The fourth-order valence-electron chi connectivity index (χ4n) is 1.47. The number of H-pyrrole nitrogens is 1. The van der Waals surface area contributed by atoms with E-state index in [-0.39, 0.29) is 11.7 Å². The van der Waals surface area contributed by atoms with Gasteiger partial charge in [0.1, 0.15) is 5.82 Å². The van der Waals surface area contributed by atoms with Crippen molar-refractivity contribution in [2.75, 3.05) is 7.11 Å². The van der Waals surface area contributed by atoms with E-state index in [0.717, 1.165) is 5.82 Å². The fraction of sp³-hybridized carbons (Fsp3) is 0.333. The van der Waals surface area contributed by atoms with E-state index in [2.05, 4.69) is 15.2 Å². The highest BCUT2D eigenvalue weighted by Gasteiger charge is 2.11. The molecule has 0 atom stereocenters. The van der Waals surface area contributed by atoms with Gasteiger partial charge in [-0.3, -0.25) is 5.10 Å². The first kappa shape index (κ1) is 11.6. The molecule has 0 aliphatic heterocycles. The number of aromatic amines is 1. The standard InChI is InChI=1S/C12H14FN3O/c1-7(2)11-14-12(16-15-11)8-4-5-10(17-3)9(13)6-8/h4-7H,1-3H3,(H,14,15,16). The molecule has 0 aliphatic carbocycles. The Hall–Kier alpha value is -1.91. The Kier molecular flexibility index (Phi) is 3.08. The molecule has 0 amide bonds. The molecular formula is C12H14FN3O. The van der Waals surface area contributed by atoms with Gasteiger partial charge in [0.15, 0.2) is 17.4 Å². The molecule has 0 bridgehead atoms. The maximum atomic E-state index is 13.5. The summed E-state index contributed by atoms with van der Waals surface area (Å²) < 4.78 is 18.4. The molecular weight excluding hydrogens is 221 g/mol. The number of nitrogens with zero attached hydrogens (tertiary/aromatic N) is 2. The third-order valence-corrected chi connectivity index (χ3v) is 2.46. The van der Waals surface area contributed by atoms with E-state index in [1.807, 2.05) is 13.8 Å². The molecule has 1 aromatic carbocycles. The second kappa shape index (κ2) is 4.53. The van der Waals surface area contributed by atoms with Crippen molar-refractivity contribution < 1.29 is 9.13 Å². The molecule has 0 spiro atoms. The van der Waals surface area contributed by atoms with Crippen LogP contribution < -0.4 is 4.74 Å². The summed E-state index contributed by atoms with van der Waals surface area (Å²) in [4.78, 5) is 4.30. The van der Waals surface area contributed by atoms with E-state index in [4.69, 9.17) is 4.74 Å². The van der Waals surface area contributed by atoms with Crippen LogP contribution in [0.1, 0.15) is 25.6 Å². The zero-order chi connectivity index (χ0) is 12.4. The van der Waals surface area contributed by atoms with E-state index in [1.165, 1.54) is 13.2 Å². The number of nitrogens with one attached hydrogen (secondary N) is 1. The Morgan fingerprint density at radius 1 is 1.35 bits per heavy atom. The van der Waals surface area contributed by atoms with Crippen molar-refractivity contribution in [3.63, 3.8) is 0 Å². The Bertz CT molecular complexity index is 522. The first-order valence-electron chi connectivity index (χ1n) is 5.38. The molecule has 1 N–H and O–H groups in total. The molecule has 5 heteroatoms. The Morgan fingerprint density at radius 3 is 2.65 bits per heavy atom. The summed E-state index contributed by atoms with van der Waals surface area (Å²) in [5, 5.41) is 6.90. The fourth-order valence-corrected chi connectivity index (χ4v) is 1.47. The Balaban J connectivity index is 2.36. The van der Waals surface area contributed by atoms with Crippen LogP contribution in [0.3, 0.4) is 0 Å². The zero-order valence-electron chi connectivity index (χ0n) is 9.99. The van der Waals surface area contributed by atoms with Crippen LogP contribution in [0.25, 0.3) is 11.4 Å². The van der Waals surface area contributed by atoms with Gasteiger partial charge in [0.25, 0.3) is 0 Å². The monoisotopic (exact) mass is 235 g/mol. The van der Waals surface area contributed by atoms with Crippen molar-refractivity contribution in [2.45, 2.75) is 19.8 Å². The second-order valence-corrected chi connectivity index (χ2v) is 4.05. The van der Waals surface area contributed by atoms with Crippen LogP contribution in [0.15, 0.2) is 18.2 Å². The smallest absolute Gasteiger partial charge is 0.181 e. The first-order valence-corrected chi connectivity index (χ1v) is 5.38. The average Bonchev–Trinajstić information content (AvgIpc) is 2.78. The number of aromatic nitrogens is 3. The molecule has 2 aromatic rings. The lowest BCUT2D eigenvalue weighted by Crippen LogP contribution is -1.90. The molecule has 2 rings (SSSR count). The van der Waals surface area contributed by atoms with Crippen LogP contribution in [0, 0.1) is 5.82 Å².